The Hall–Kier alpha value is -3.23. The molecule has 0 spiro atoms. The quantitative estimate of drug-likeness (QED) is 0.542. The smallest absolute Gasteiger partial charge is 0.416 e. The number of aromatic amines is 1. The van der Waals surface area contributed by atoms with Gasteiger partial charge in [-0.25, -0.2) is 13.2 Å². The highest BCUT2D eigenvalue weighted by Crippen LogP contribution is 2.34. The number of methoxy groups -OCH3 is 1. The summed E-state index contributed by atoms with van der Waals surface area (Å²) in [6.45, 7) is 0.436. The second-order valence-corrected chi connectivity index (χ2v) is 11.3. The zero-order valence-corrected chi connectivity index (χ0v) is 20.9. The van der Waals surface area contributed by atoms with Gasteiger partial charge in [-0.3, -0.25) is 4.90 Å². The maximum Gasteiger partial charge on any atom is 0.416 e. The van der Waals surface area contributed by atoms with Crippen LogP contribution in [0.3, 0.4) is 0 Å². The van der Waals surface area contributed by atoms with Gasteiger partial charge in [0.05, 0.1) is 17.4 Å². The van der Waals surface area contributed by atoms with Crippen LogP contribution in [0.4, 0.5) is 4.79 Å². The molecule has 182 valence electrons. The standard InChI is InChI=1S/C26H25ClN2O5S/c1-33-18-6-8-19(9-7-18)34-26(30)29-14-13-21-22-15-17(27)5-12-23(22)28-24(21)25(29)16-3-10-20(11-4-16)35(2,31)32/h3-4,6-12,15,17,25,28H,5,13-14H2,1-2H3. The number of rotatable bonds is 4. The molecule has 0 radical (unpaired) electrons. The van der Waals surface area contributed by atoms with Gasteiger partial charge < -0.3 is 14.5 Å². The number of carbonyl (C=O) groups excluding carboxylic acids is 1. The first-order valence-electron chi connectivity index (χ1n) is 11.2. The number of hydrogen-bond donors (Lipinski definition) is 1. The number of nitrogens with zero attached hydrogens (tertiary/aromatic N) is 1. The molecule has 0 bridgehead atoms. The Morgan fingerprint density at radius 3 is 2.43 bits per heavy atom. The molecule has 7 nitrogen and oxygen atoms in total. The first kappa shape index (κ1) is 23.5. The molecule has 5 rings (SSSR count). The highest BCUT2D eigenvalue weighted by molar-refractivity contribution is 7.90. The molecule has 0 saturated carbocycles. The molecule has 2 heterocycles. The number of fused-ring (bicyclic) bond motifs is 3. The first-order valence-corrected chi connectivity index (χ1v) is 13.6. The van der Waals surface area contributed by atoms with Crippen LogP contribution in [-0.4, -0.2) is 49.7 Å². The summed E-state index contributed by atoms with van der Waals surface area (Å²) in [5.41, 5.74) is 2.79. The highest BCUT2D eigenvalue weighted by atomic mass is 35.5. The number of nitrogens with one attached hydrogen (secondary N) is 1. The Morgan fingerprint density at radius 1 is 1.09 bits per heavy atom. The Labute approximate surface area is 208 Å². The lowest BCUT2D eigenvalue weighted by atomic mass is 9.93. The van der Waals surface area contributed by atoms with Gasteiger partial charge in [0.25, 0.3) is 0 Å². The van der Waals surface area contributed by atoms with Crippen LogP contribution in [0.5, 0.6) is 11.5 Å². The van der Waals surface area contributed by atoms with Gasteiger partial charge in [-0.05, 0) is 60.4 Å². The molecule has 1 N–H and O–H groups in total. The van der Waals surface area contributed by atoms with Gasteiger partial charge in [-0.15, -0.1) is 11.6 Å². The predicted molar refractivity (Wildman–Crippen MR) is 134 cm³/mol. The zero-order chi connectivity index (χ0) is 24.7. The van der Waals surface area contributed by atoms with Crippen molar-refractivity contribution >= 4 is 39.7 Å². The lowest BCUT2D eigenvalue weighted by molar-refractivity contribution is 0.135. The highest BCUT2D eigenvalue weighted by Gasteiger charge is 2.35. The molecule has 2 atom stereocenters. The van der Waals surface area contributed by atoms with Gasteiger partial charge in [0.2, 0.25) is 0 Å². The molecule has 9 heteroatoms. The Balaban J connectivity index is 1.56. The molecular weight excluding hydrogens is 488 g/mol. The number of carbonyl (C=O) groups is 1. The van der Waals surface area contributed by atoms with Crippen LogP contribution in [0, 0.1) is 0 Å². The summed E-state index contributed by atoms with van der Waals surface area (Å²) in [5.74, 6) is 1.07. The number of sulfone groups is 1. The van der Waals surface area contributed by atoms with Crippen molar-refractivity contribution in [3.05, 3.63) is 75.9 Å². The van der Waals surface area contributed by atoms with Crippen molar-refractivity contribution in [2.75, 3.05) is 19.9 Å². The summed E-state index contributed by atoms with van der Waals surface area (Å²) in [6.07, 6.45) is 6.19. The number of H-pyrrole nitrogens is 1. The van der Waals surface area contributed by atoms with E-state index < -0.39 is 22.0 Å². The number of amides is 1. The Morgan fingerprint density at radius 2 is 1.77 bits per heavy atom. The summed E-state index contributed by atoms with van der Waals surface area (Å²) in [7, 11) is -1.77. The van der Waals surface area contributed by atoms with Crippen LogP contribution in [0.1, 0.15) is 29.3 Å². The van der Waals surface area contributed by atoms with Gasteiger partial charge >= 0.3 is 6.09 Å². The summed E-state index contributed by atoms with van der Waals surface area (Å²) < 4.78 is 34.8. The van der Waals surface area contributed by atoms with Crippen molar-refractivity contribution in [1.29, 1.82) is 0 Å². The topological polar surface area (TPSA) is 88.7 Å². The molecule has 0 fully saturated rings. The molecule has 1 aliphatic heterocycles. The predicted octanol–water partition coefficient (Wildman–Crippen LogP) is 3.15. The minimum absolute atomic E-state index is 0.0760. The van der Waals surface area contributed by atoms with Crippen LogP contribution >= 0.6 is 11.6 Å². The third kappa shape index (κ3) is 4.56. The second kappa shape index (κ2) is 9.09. The summed E-state index contributed by atoms with van der Waals surface area (Å²) in [6, 6.07) is 13.0. The Bertz CT molecular complexity index is 1490. The van der Waals surface area contributed by atoms with E-state index in [4.69, 9.17) is 21.1 Å². The fourth-order valence-electron chi connectivity index (χ4n) is 4.69. The molecule has 2 aliphatic rings. The Kier molecular flexibility index (Phi) is 6.11. The second-order valence-electron chi connectivity index (χ2n) is 8.70. The van der Waals surface area contributed by atoms with Crippen molar-refractivity contribution in [3.63, 3.8) is 0 Å². The average molecular weight is 513 g/mol. The molecule has 1 aromatic heterocycles. The average Bonchev–Trinajstić information content (AvgIpc) is 3.21. The SMILES string of the molecule is COc1ccc(OC(=O)N2CCc3c([nH]c4c3=CC(Cl)CC=4)C2c2ccc(S(C)(=O)=O)cc2)cc1. The molecule has 3 aromatic rings. The largest absolute Gasteiger partial charge is 0.497 e. The monoisotopic (exact) mass is 512 g/mol. The van der Waals surface area contributed by atoms with Gasteiger partial charge in [0.15, 0.2) is 9.84 Å². The third-order valence-electron chi connectivity index (χ3n) is 6.42. The van der Waals surface area contributed by atoms with Gasteiger partial charge in [-0.1, -0.05) is 24.3 Å². The molecule has 35 heavy (non-hydrogen) atoms. The van der Waals surface area contributed by atoms with Crippen molar-refractivity contribution in [3.8, 4) is 11.5 Å². The number of aromatic nitrogens is 1. The van der Waals surface area contributed by atoms with E-state index in [0.717, 1.165) is 33.8 Å². The fraction of sp³-hybridized carbons (Fsp3) is 0.269. The van der Waals surface area contributed by atoms with Crippen LogP contribution in [0.25, 0.3) is 12.2 Å². The van der Waals surface area contributed by atoms with E-state index >= 15 is 0 Å². The molecule has 1 amide bonds. The summed E-state index contributed by atoms with van der Waals surface area (Å²) >= 11 is 6.40. The molecule has 0 saturated heterocycles. The van der Waals surface area contributed by atoms with Crippen molar-refractivity contribution < 1.29 is 22.7 Å². The van der Waals surface area contributed by atoms with Crippen molar-refractivity contribution in [2.45, 2.75) is 29.2 Å². The molecular formula is C26H25ClN2O5S. The van der Waals surface area contributed by atoms with E-state index in [9.17, 15) is 13.2 Å². The van der Waals surface area contributed by atoms with E-state index in [0.29, 0.717) is 24.5 Å². The molecule has 2 unspecified atom stereocenters. The van der Waals surface area contributed by atoms with E-state index in [-0.39, 0.29) is 10.3 Å². The summed E-state index contributed by atoms with van der Waals surface area (Å²) in [5, 5.41) is 2.00. The van der Waals surface area contributed by atoms with Crippen LogP contribution in [0.2, 0.25) is 0 Å². The van der Waals surface area contributed by atoms with E-state index in [2.05, 4.69) is 17.1 Å². The number of ether oxygens (including phenoxy) is 2. The minimum atomic E-state index is -3.34. The van der Waals surface area contributed by atoms with Crippen molar-refractivity contribution in [2.24, 2.45) is 0 Å². The van der Waals surface area contributed by atoms with Gasteiger partial charge in [0, 0.05) is 29.1 Å². The van der Waals surface area contributed by atoms with E-state index in [1.165, 1.54) is 6.26 Å². The number of benzene rings is 2. The van der Waals surface area contributed by atoms with Gasteiger partial charge in [-0.2, -0.15) is 0 Å². The number of hydrogen-bond acceptors (Lipinski definition) is 5. The van der Waals surface area contributed by atoms with E-state index in [1.807, 2.05) is 0 Å². The first-order chi connectivity index (χ1) is 16.7. The van der Waals surface area contributed by atoms with Crippen LogP contribution in [0.15, 0.2) is 53.4 Å². The van der Waals surface area contributed by atoms with Crippen molar-refractivity contribution in [1.82, 2.24) is 9.88 Å². The minimum Gasteiger partial charge on any atom is -0.497 e. The molecule has 2 aromatic carbocycles. The lowest BCUT2D eigenvalue weighted by Crippen LogP contribution is -2.43. The van der Waals surface area contributed by atoms with Crippen LogP contribution < -0.4 is 20.0 Å². The summed E-state index contributed by atoms with van der Waals surface area (Å²) in [4.78, 5) is 18.8. The fourth-order valence-corrected chi connectivity index (χ4v) is 5.54. The maximum atomic E-state index is 13.4. The normalized spacial score (nSPS) is 19.1. The maximum absolute atomic E-state index is 13.4. The number of alkyl halides is 1. The van der Waals surface area contributed by atoms with Gasteiger partial charge in [0.1, 0.15) is 17.5 Å². The van der Waals surface area contributed by atoms with E-state index in [1.54, 1.807) is 60.5 Å². The zero-order valence-electron chi connectivity index (χ0n) is 19.3. The molecule has 1 aliphatic carbocycles. The lowest BCUT2D eigenvalue weighted by Gasteiger charge is -2.35. The third-order valence-corrected chi connectivity index (χ3v) is 7.85. The number of halogens is 1. The van der Waals surface area contributed by atoms with Crippen LogP contribution in [-0.2, 0) is 16.3 Å².